The van der Waals surface area contributed by atoms with Gasteiger partial charge in [-0.2, -0.15) is 0 Å². The highest BCUT2D eigenvalue weighted by atomic mass is 79.9. The number of amides is 1. The number of furan rings is 1. The molecule has 0 saturated carbocycles. The summed E-state index contributed by atoms with van der Waals surface area (Å²) in [5, 5.41) is 2.70. The van der Waals surface area contributed by atoms with Crippen molar-refractivity contribution in [2.75, 3.05) is 14.1 Å². The molecule has 8 heteroatoms. The summed E-state index contributed by atoms with van der Waals surface area (Å²) in [5.41, 5.74) is 0.789. The lowest BCUT2D eigenvalue weighted by atomic mass is 10.2. The number of hydrogen-bond acceptors (Lipinski definition) is 4. The first kappa shape index (κ1) is 16.7. The molecule has 0 spiro atoms. The van der Waals surface area contributed by atoms with Gasteiger partial charge in [-0.15, -0.1) is 0 Å². The monoisotopic (exact) mass is 386 g/mol. The molecular weight excluding hydrogens is 372 g/mol. The van der Waals surface area contributed by atoms with Crippen molar-refractivity contribution in [2.24, 2.45) is 0 Å². The average Bonchev–Trinajstić information content (AvgIpc) is 2.91. The van der Waals surface area contributed by atoms with Crippen LogP contribution in [0.3, 0.4) is 0 Å². The van der Waals surface area contributed by atoms with Crippen LogP contribution in [0.2, 0.25) is 0 Å². The summed E-state index contributed by atoms with van der Waals surface area (Å²) < 4.78 is 30.6. The maximum atomic E-state index is 11.9. The number of rotatable bonds is 5. The Morgan fingerprint density at radius 3 is 2.32 bits per heavy atom. The van der Waals surface area contributed by atoms with Gasteiger partial charge in [0.2, 0.25) is 10.0 Å². The van der Waals surface area contributed by atoms with Crippen molar-refractivity contribution in [1.82, 2.24) is 9.62 Å². The highest BCUT2D eigenvalue weighted by Crippen LogP contribution is 2.15. The summed E-state index contributed by atoms with van der Waals surface area (Å²) in [6, 6.07) is 9.55. The summed E-state index contributed by atoms with van der Waals surface area (Å²) in [4.78, 5) is 12.0. The first-order valence-corrected chi connectivity index (χ1v) is 8.59. The van der Waals surface area contributed by atoms with Crippen LogP contribution >= 0.6 is 15.9 Å². The van der Waals surface area contributed by atoms with Gasteiger partial charge >= 0.3 is 0 Å². The maximum absolute atomic E-state index is 11.9. The van der Waals surface area contributed by atoms with E-state index >= 15 is 0 Å². The van der Waals surface area contributed by atoms with Gasteiger partial charge in [0, 0.05) is 20.6 Å². The Kier molecular flexibility index (Phi) is 5.05. The number of hydrogen-bond donors (Lipinski definition) is 1. The predicted molar refractivity (Wildman–Crippen MR) is 84.9 cm³/mol. The van der Waals surface area contributed by atoms with Crippen molar-refractivity contribution in [3.8, 4) is 0 Å². The van der Waals surface area contributed by atoms with Crippen molar-refractivity contribution < 1.29 is 17.6 Å². The molecular formula is C14H15BrN2O4S. The normalized spacial score (nSPS) is 11.6. The van der Waals surface area contributed by atoms with E-state index in [0.717, 1.165) is 9.87 Å². The Morgan fingerprint density at radius 1 is 1.18 bits per heavy atom. The van der Waals surface area contributed by atoms with Gasteiger partial charge in [-0.1, -0.05) is 12.1 Å². The molecule has 0 aliphatic carbocycles. The highest BCUT2D eigenvalue weighted by Gasteiger charge is 2.16. The van der Waals surface area contributed by atoms with E-state index in [9.17, 15) is 13.2 Å². The van der Waals surface area contributed by atoms with E-state index in [1.807, 2.05) is 0 Å². The third kappa shape index (κ3) is 3.76. The van der Waals surface area contributed by atoms with Gasteiger partial charge in [0.25, 0.3) is 5.91 Å². The molecule has 0 unspecified atom stereocenters. The van der Waals surface area contributed by atoms with Crippen LogP contribution in [0, 0.1) is 0 Å². The molecule has 0 atom stereocenters. The summed E-state index contributed by atoms with van der Waals surface area (Å²) in [6.07, 6.45) is 0. The number of benzene rings is 1. The molecule has 0 saturated heterocycles. The minimum absolute atomic E-state index is 0.207. The fourth-order valence-electron chi connectivity index (χ4n) is 1.70. The molecule has 2 rings (SSSR count). The molecule has 118 valence electrons. The Hall–Kier alpha value is -1.64. The molecule has 1 aromatic heterocycles. The lowest BCUT2D eigenvalue weighted by Crippen LogP contribution is -2.23. The van der Waals surface area contributed by atoms with Crippen LogP contribution in [0.4, 0.5) is 0 Å². The van der Waals surface area contributed by atoms with Crippen LogP contribution in [-0.4, -0.2) is 32.7 Å². The number of sulfonamides is 1. The van der Waals surface area contributed by atoms with Crippen molar-refractivity contribution in [3.05, 3.63) is 52.4 Å². The van der Waals surface area contributed by atoms with Gasteiger partial charge in [0.1, 0.15) is 0 Å². The van der Waals surface area contributed by atoms with Gasteiger partial charge in [-0.3, -0.25) is 4.79 Å². The molecule has 22 heavy (non-hydrogen) atoms. The van der Waals surface area contributed by atoms with Crippen molar-refractivity contribution in [3.63, 3.8) is 0 Å². The van der Waals surface area contributed by atoms with Crippen molar-refractivity contribution in [1.29, 1.82) is 0 Å². The molecule has 1 heterocycles. The first-order chi connectivity index (χ1) is 10.3. The molecule has 1 N–H and O–H groups in total. The fourth-order valence-corrected chi connectivity index (χ4v) is 2.90. The maximum Gasteiger partial charge on any atom is 0.287 e. The van der Waals surface area contributed by atoms with E-state index in [0.29, 0.717) is 4.67 Å². The molecule has 1 amide bonds. The third-order valence-corrected chi connectivity index (χ3v) is 5.21. The second-order valence-electron chi connectivity index (χ2n) is 4.72. The van der Waals surface area contributed by atoms with Crippen molar-refractivity contribution >= 4 is 31.9 Å². The zero-order valence-electron chi connectivity index (χ0n) is 12.0. The molecule has 0 aliphatic heterocycles. The number of nitrogens with one attached hydrogen (secondary N) is 1. The number of carbonyl (C=O) groups is 1. The first-order valence-electron chi connectivity index (χ1n) is 6.35. The van der Waals surface area contributed by atoms with Crippen LogP contribution in [0.15, 0.2) is 50.4 Å². The SMILES string of the molecule is CN(C)S(=O)(=O)c1ccc(CNC(=O)c2ccc(Br)o2)cc1. The zero-order valence-corrected chi connectivity index (χ0v) is 14.4. The van der Waals surface area contributed by atoms with E-state index in [4.69, 9.17) is 4.42 Å². The van der Waals surface area contributed by atoms with Gasteiger partial charge < -0.3 is 9.73 Å². The van der Waals surface area contributed by atoms with Crippen LogP contribution in [0.25, 0.3) is 0 Å². The van der Waals surface area contributed by atoms with E-state index < -0.39 is 10.0 Å². The van der Waals surface area contributed by atoms with E-state index in [1.165, 1.54) is 26.2 Å². The third-order valence-electron chi connectivity index (χ3n) is 2.95. The Bertz CT molecular complexity index is 766. The standard InChI is InChI=1S/C14H15BrN2O4S/c1-17(2)22(19,20)11-5-3-10(4-6-11)9-16-14(18)12-7-8-13(15)21-12/h3-8H,9H2,1-2H3,(H,16,18). The summed E-state index contributed by atoms with van der Waals surface area (Å²) in [7, 11) is -0.485. The van der Waals surface area contributed by atoms with Gasteiger partial charge in [-0.05, 0) is 45.8 Å². The Morgan fingerprint density at radius 2 is 1.82 bits per heavy atom. The molecule has 0 fully saturated rings. The predicted octanol–water partition coefficient (Wildman–Crippen LogP) is 2.22. The molecule has 0 bridgehead atoms. The fraction of sp³-hybridized carbons (Fsp3) is 0.214. The Labute approximate surface area is 137 Å². The summed E-state index contributed by atoms with van der Waals surface area (Å²) >= 11 is 3.13. The zero-order chi connectivity index (χ0) is 16.3. The molecule has 1 aromatic carbocycles. The minimum atomic E-state index is -3.44. The quantitative estimate of drug-likeness (QED) is 0.853. The molecule has 2 aromatic rings. The molecule has 0 aliphatic rings. The smallest absolute Gasteiger partial charge is 0.287 e. The second-order valence-corrected chi connectivity index (χ2v) is 7.65. The average molecular weight is 387 g/mol. The van der Waals surface area contributed by atoms with Crippen LogP contribution in [0.1, 0.15) is 16.1 Å². The number of carbonyl (C=O) groups excluding carboxylic acids is 1. The number of nitrogens with zero attached hydrogens (tertiary/aromatic N) is 1. The van der Waals surface area contributed by atoms with Crippen LogP contribution in [0.5, 0.6) is 0 Å². The summed E-state index contributed by atoms with van der Waals surface area (Å²) in [5.74, 6) is -0.130. The topological polar surface area (TPSA) is 79.6 Å². The van der Waals surface area contributed by atoms with Gasteiger partial charge in [-0.25, -0.2) is 12.7 Å². The molecule has 6 nitrogen and oxygen atoms in total. The van der Waals surface area contributed by atoms with E-state index in [2.05, 4.69) is 21.2 Å². The van der Waals surface area contributed by atoms with Crippen LogP contribution < -0.4 is 5.32 Å². The lowest BCUT2D eigenvalue weighted by Gasteiger charge is -2.11. The largest absolute Gasteiger partial charge is 0.444 e. The van der Waals surface area contributed by atoms with Gasteiger partial charge in [0.05, 0.1) is 4.90 Å². The Balaban J connectivity index is 2.02. The van der Waals surface area contributed by atoms with Crippen molar-refractivity contribution in [2.45, 2.75) is 11.4 Å². The number of halogens is 1. The molecule has 0 radical (unpaired) electrons. The van der Waals surface area contributed by atoms with E-state index in [1.54, 1.807) is 24.3 Å². The highest BCUT2D eigenvalue weighted by molar-refractivity contribution is 9.10. The van der Waals surface area contributed by atoms with Crippen LogP contribution in [-0.2, 0) is 16.6 Å². The van der Waals surface area contributed by atoms with Gasteiger partial charge in [0.15, 0.2) is 10.4 Å². The minimum Gasteiger partial charge on any atom is -0.444 e. The lowest BCUT2D eigenvalue weighted by molar-refractivity contribution is 0.0922. The summed E-state index contributed by atoms with van der Waals surface area (Å²) in [6.45, 7) is 0.277. The van der Waals surface area contributed by atoms with E-state index in [-0.39, 0.29) is 23.1 Å². The second kappa shape index (κ2) is 6.64.